The number of benzene rings is 1. The van der Waals surface area contributed by atoms with Gasteiger partial charge in [-0.1, -0.05) is 12.1 Å². The van der Waals surface area contributed by atoms with E-state index in [4.69, 9.17) is 9.15 Å². The highest BCUT2D eigenvalue weighted by molar-refractivity contribution is 5.91. The smallest absolute Gasteiger partial charge is 0.289 e. The highest BCUT2D eigenvalue weighted by Gasteiger charge is 2.26. The van der Waals surface area contributed by atoms with Crippen LogP contribution in [0.4, 0.5) is 0 Å². The molecule has 2 aromatic heterocycles. The summed E-state index contributed by atoms with van der Waals surface area (Å²) in [6, 6.07) is 13.6. The number of rotatable bonds is 5. The summed E-state index contributed by atoms with van der Waals surface area (Å²) < 4.78 is 11.7. The number of piperazine rings is 1. The van der Waals surface area contributed by atoms with Crippen molar-refractivity contribution >= 4 is 11.8 Å². The lowest BCUT2D eigenvalue weighted by Gasteiger charge is -2.34. The third-order valence-electron chi connectivity index (χ3n) is 5.19. The fourth-order valence-corrected chi connectivity index (χ4v) is 3.51. The van der Waals surface area contributed by atoms with Crippen molar-refractivity contribution in [2.45, 2.75) is 6.54 Å². The summed E-state index contributed by atoms with van der Waals surface area (Å²) in [4.78, 5) is 40.7. The molecule has 9 nitrogen and oxygen atoms in total. The summed E-state index contributed by atoms with van der Waals surface area (Å²) in [5.41, 5.74) is 0.911. The quantitative estimate of drug-likeness (QED) is 0.618. The molecule has 0 N–H and O–H groups in total. The van der Waals surface area contributed by atoms with Gasteiger partial charge in [0.15, 0.2) is 5.76 Å². The Morgan fingerprint density at radius 1 is 1.00 bits per heavy atom. The average molecular weight is 422 g/mol. The summed E-state index contributed by atoms with van der Waals surface area (Å²) >= 11 is 0. The molecule has 9 heteroatoms. The average Bonchev–Trinajstić information content (AvgIpc) is 3.35. The highest BCUT2D eigenvalue weighted by atomic mass is 16.5. The number of aromatic nitrogens is 2. The molecule has 4 rings (SSSR count). The Morgan fingerprint density at radius 3 is 2.45 bits per heavy atom. The number of furan rings is 1. The van der Waals surface area contributed by atoms with Gasteiger partial charge in [-0.15, -0.1) is 0 Å². The van der Waals surface area contributed by atoms with E-state index >= 15 is 0 Å². The summed E-state index contributed by atoms with van der Waals surface area (Å²) in [6.45, 7) is 1.39. The number of ether oxygens (including phenoxy) is 1. The van der Waals surface area contributed by atoms with Crippen LogP contribution in [0.5, 0.6) is 5.75 Å². The molecule has 0 unspecified atom stereocenters. The minimum atomic E-state index is -0.362. The zero-order valence-corrected chi connectivity index (χ0v) is 17.1. The Labute approximate surface area is 178 Å². The van der Waals surface area contributed by atoms with Crippen LogP contribution in [-0.2, 0) is 11.3 Å². The lowest BCUT2D eigenvalue weighted by atomic mass is 10.1. The first-order valence-corrected chi connectivity index (χ1v) is 9.89. The van der Waals surface area contributed by atoms with Gasteiger partial charge < -0.3 is 19.0 Å². The van der Waals surface area contributed by atoms with E-state index in [1.165, 1.54) is 12.3 Å². The summed E-state index contributed by atoms with van der Waals surface area (Å²) in [7, 11) is 1.56. The molecule has 3 aromatic rings. The minimum absolute atomic E-state index is 0.173. The standard InChI is InChI=1S/C22H22N4O5/c1-30-18-6-3-2-5-16(18)17-8-9-20(27)26(23-17)15-21(28)24-10-12-25(13-11-24)22(29)19-7-4-14-31-19/h2-9,14H,10-13,15H2,1H3. The molecule has 1 saturated heterocycles. The number of para-hydroxylation sites is 1. The molecular formula is C22H22N4O5. The SMILES string of the molecule is COc1ccccc1-c1ccc(=O)n(CC(=O)N2CCN(C(=O)c3ccco3)CC2)n1. The van der Waals surface area contributed by atoms with E-state index in [2.05, 4.69) is 5.10 Å². The Kier molecular flexibility index (Phi) is 5.83. The van der Waals surface area contributed by atoms with Gasteiger partial charge in [-0.05, 0) is 30.3 Å². The van der Waals surface area contributed by atoms with Gasteiger partial charge in [-0.2, -0.15) is 5.10 Å². The maximum absolute atomic E-state index is 12.8. The summed E-state index contributed by atoms with van der Waals surface area (Å²) in [6.07, 6.45) is 1.46. The number of methoxy groups -OCH3 is 1. The maximum Gasteiger partial charge on any atom is 0.289 e. The molecule has 0 atom stereocenters. The van der Waals surface area contributed by atoms with Crippen molar-refractivity contribution in [3.63, 3.8) is 0 Å². The number of carbonyl (C=O) groups excluding carboxylic acids is 2. The van der Waals surface area contributed by atoms with Gasteiger partial charge in [-0.25, -0.2) is 4.68 Å². The number of carbonyl (C=O) groups is 2. The molecule has 31 heavy (non-hydrogen) atoms. The topological polar surface area (TPSA) is 97.9 Å². The van der Waals surface area contributed by atoms with Crippen molar-refractivity contribution < 1.29 is 18.7 Å². The monoisotopic (exact) mass is 422 g/mol. The molecule has 0 spiro atoms. The number of amides is 2. The van der Waals surface area contributed by atoms with Gasteiger partial charge in [0, 0.05) is 37.8 Å². The van der Waals surface area contributed by atoms with E-state index in [0.717, 1.165) is 10.2 Å². The predicted molar refractivity (Wildman–Crippen MR) is 112 cm³/mol. The molecule has 0 saturated carbocycles. The van der Waals surface area contributed by atoms with Gasteiger partial charge in [0.05, 0.1) is 19.1 Å². The number of nitrogens with zero attached hydrogens (tertiary/aromatic N) is 4. The fraction of sp³-hybridized carbons (Fsp3) is 0.273. The van der Waals surface area contributed by atoms with Crippen molar-refractivity contribution in [2.75, 3.05) is 33.3 Å². The molecule has 0 bridgehead atoms. The normalized spacial score (nSPS) is 13.8. The van der Waals surface area contributed by atoms with Gasteiger partial charge in [0.2, 0.25) is 5.91 Å². The van der Waals surface area contributed by atoms with Crippen LogP contribution < -0.4 is 10.3 Å². The summed E-state index contributed by atoms with van der Waals surface area (Å²) in [5.74, 6) is 0.490. The van der Waals surface area contributed by atoms with E-state index in [1.54, 1.807) is 41.2 Å². The molecule has 0 aliphatic carbocycles. The van der Waals surface area contributed by atoms with Crippen molar-refractivity contribution in [3.05, 3.63) is 70.9 Å². The fourth-order valence-electron chi connectivity index (χ4n) is 3.51. The first kappa shape index (κ1) is 20.4. The Balaban J connectivity index is 1.43. The van der Waals surface area contributed by atoms with E-state index in [-0.39, 0.29) is 29.7 Å². The van der Waals surface area contributed by atoms with Crippen LogP contribution in [-0.4, -0.2) is 64.7 Å². The summed E-state index contributed by atoms with van der Waals surface area (Å²) in [5, 5.41) is 4.36. The molecule has 1 fully saturated rings. The third-order valence-corrected chi connectivity index (χ3v) is 5.19. The number of hydrogen-bond donors (Lipinski definition) is 0. The lowest BCUT2D eigenvalue weighted by Crippen LogP contribution is -2.51. The van der Waals surface area contributed by atoms with Gasteiger partial charge in [0.1, 0.15) is 12.3 Å². The second kappa shape index (κ2) is 8.86. The van der Waals surface area contributed by atoms with Crippen molar-refractivity contribution in [2.24, 2.45) is 0 Å². The largest absolute Gasteiger partial charge is 0.496 e. The number of hydrogen-bond acceptors (Lipinski definition) is 6. The molecule has 3 heterocycles. The van der Waals surface area contributed by atoms with Gasteiger partial charge >= 0.3 is 0 Å². The van der Waals surface area contributed by atoms with E-state index in [1.807, 2.05) is 18.2 Å². The Bertz CT molecular complexity index is 1130. The first-order valence-electron chi connectivity index (χ1n) is 9.89. The third kappa shape index (κ3) is 4.35. The second-order valence-electron chi connectivity index (χ2n) is 7.07. The molecular weight excluding hydrogens is 400 g/mol. The van der Waals surface area contributed by atoms with Crippen LogP contribution >= 0.6 is 0 Å². The van der Waals surface area contributed by atoms with Gasteiger partial charge in [0.25, 0.3) is 11.5 Å². The highest BCUT2D eigenvalue weighted by Crippen LogP contribution is 2.27. The molecule has 2 amide bonds. The van der Waals surface area contributed by atoms with Crippen LogP contribution in [0.15, 0.2) is 64.0 Å². The van der Waals surface area contributed by atoms with E-state index < -0.39 is 0 Å². The van der Waals surface area contributed by atoms with E-state index in [0.29, 0.717) is 37.6 Å². The van der Waals surface area contributed by atoms with Crippen molar-refractivity contribution in [1.29, 1.82) is 0 Å². The predicted octanol–water partition coefficient (Wildman–Crippen LogP) is 1.50. The lowest BCUT2D eigenvalue weighted by molar-refractivity contribution is -0.133. The van der Waals surface area contributed by atoms with Crippen LogP contribution in [0.1, 0.15) is 10.6 Å². The minimum Gasteiger partial charge on any atom is -0.496 e. The zero-order chi connectivity index (χ0) is 21.8. The van der Waals surface area contributed by atoms with Crippen molar-refractivity contribution in [3.8, 4) is 17.0 Å². The Morgan fingerprint density at radius 2 is 1.74 bits per heavy atom. The maximum atomic E-state index is 12.8. The van der Waals surface area contributed by atoms with Crippen molar-refractivity contribution in [1.82, 2.24) is 19.6 Å². The van der Waals surface area contributed by atoms with Crippen LogP contribution in [0.3, 0.4) is 0 Å². The van der Waals surface area contributed by atoms with Crippen LogP contribution in [0.2, 0.25) is 0 Å². The van der Waals surface area contributed by atoms with E-state index in [9.17, 15) is 14.4 Å². The first-order chi connectivity index (χ1) is 15.1. The molecule has 1 aliphatic heterocycles. The molecule has 160 valence electrons. The van der Waals surface area contributed by atoms with Gasteiger partial charge in [-0.3, -0.25) is 14.4 Å². The molecule has 1 aliphatic rings. The van der Waals surface area contributed by atoms with Crippen LogP contribution in [0, 0.1) is 0 Å². The second-order valence-corrected chi connectivity index (χ2v) is 7.07. The zero-order valence-electron chi connectivity index (χ0n) is 17.1. The molecule has 1 aromatic carbocycles. The van der Waals surface area contributed by atoms with Crippen LogP contribution in [0.25, 0.3) is 11.3 Å². The Hall–Kier alpha value is -3.88. The molecule has 0 radical (unpaired) electrons.